The maximum Gasteiger partial charge on any atom is 0.222 e. The molecule has 0 saturated carbocycles. The number of aromatic nitrogens is 2. The van der Waals surface area contributed by atoms with Crippen LogP contribution in [0, 0.1) is 0 Å². The van der Waals surface area contributed by atoms with Gasteiger partial charge in [0.05, 0.1) is 6.26 Å². The first-order chi connectivity index (χ1) is 12.1. The molecule has 0 radical (unpaired) electrons. The van der Waals surface area contributed by atoms with E-state index in [9.17, 15) is 9.18 Å². The summed E-state index contributed by atoms with van der Waals surface area (Å²) < 4.78 is 19.2. The summed E-state index contributed by atoms with van der Waals surface area (Å²) in [6.07, 6.45) is 7.13. The molecule has 2 aromatic rings. The first-order valence-electron chi connectivity index (χ1n) is 8.50. The molecule has 6 nitrogen and oxygen atoms in total. The molecular formula is C18H23FN4O2. The Kier molecular flexibility index (Phi) is 5.75. The Labute approximate surface area is 146 Å². The number of likely N-dealkylation sites (tertiary alicyclic amines) is 1. The van der Waals surface area contributed by atoms with Crippen LogP contribution >= 0.6 is 0 Å². The van der Waals surface area contributed by atoms with Crippen LogP contribution in [0.5, 0.6) is 0 Å². The number of alkyl halides is 1. The first kappa shape index (κ1) is 17.5. The van der Waals surface area contributed by atoms with Crippen molar-refractivity contribution >= 4 is 5.91 Å². The van der Waals surface area contributed by atoms with Crippen molar-refractivity contribution in [3.63, 3.8) is 0 Å². The van der Waals surface area contributed by atoms with Crippen LogP contribution in [0.25, 0.3) is 0 Å². The van der Waals surface area contributed by atoms with Crippen molar-refractivity contribution in [3.05, 3.63) is 48.4 Å². The molecule has 0 unspecified atom stereocenters. The van der Waals surface area contributed by atoms with Crippen LogP contribution in [0.2, 0.25) is 0 Å². The van der Waals surface area contributed by atoms with Gasteiger partial charge < -0.3 is 9.32 Å². The highest BCUT2D eigenvalue weighted by atomic mass is 19.1. The van der Waals surface area contributed by atoms with E-state index in [2.05, 4.69) is 14.9 Å². The number of likely N-dealkylation sites (N-methyl/N-ethyl adjacent to an activating group) is 1. The van der Waals surface area contributed by atoms with Gasteiger partial charge >= 0.3 is 0 Å². The topological polar surface area (TPSA) is 62.5 Å². The molecule has 3 heterocycles. The summed E-state index contributed by atoms with van der Waals surface area (Å²) in [5, 5.41) is 0. The SMILES string of the molecule is CN(C[C@@H]1C[C@H](F)CN1Cc1cncnc1)C(=O)CCc1ccco1. The summed E-state index contributed by atoms with van der Waals surface area (Å²) in [5.74, 6) is 0.846. The van der Waals surface area contributed by atoms with Gasteiger partial charge in [0.15, 0.2) is 0 Å². The average molecular weight is 346 g/mol. The number of nitrogens with zero attached hydrogens (tertiary/aromatic N) is 4. The molecule has 0 N–H and O–H groups in total. The second-order valence-corrected chi connectivity index (χ2v) is 6.52. The van der Waals surface area contributed by atoms with E-state index in [0.29, 0.717) is 38.9 Å². The Morgan fingerprint density at radius 3 is 2.96 bits per heavy atom. The van der Waals surface area contributed by atoms with Gasteiger partial charge in [-0.15, -0.1) is 0 Å². The van der Waals surface area contributed by atoms with Crippen molar-refractivity contribution in [2.75, 3.05) is 20.1 Å². The first-order valence-corrected chi connectivity index (χ1v) is 8.50. The maximum atomic E-state index is 13.9. The molecule has 3 rings (SSSR count). The van der Waals surface area contributed by atoms with Gasteiger partial charge in [-0.25, -0.2) is 14.4 Å². The molecule has 1 fully saturated rings. The van der Waals surface area contributed by atoms with E-state index in [-0.39, 0.29) is 11.9 Å². The molecule has 0 aliphatic carbocycles. The quantitative estimate of drug-likeness (QED) is 0.768. The van der Waals surface area contributed by atoms with Gasteiger partial charge in [-0.05, 0) is 18.6 Å². The number of rotatable bonds is 7. The minimum Gasteiger partial charge on any atom is -0.469 e. The summed E-state index contributed by atoms with van der Waals surface area (Å²) in [4.78, 5) is 24.1. The van der Waals surface area contributed by atoms with Crippen LogP contribution in [0.15, 0.2) is 41.5 Å². The summed E-state index contributed by atoms with van der Waals surface area (Å²) >= 11 is 0. The third-order valence-corrected chi connectivity index (χ3v) is 4.55. The number of halogens is 1. The number of hydrogen-bond acceptors (Lipinski definition) is 5. The van der Waals surface area contributed by atoms with E-state index in [1.807, 2.05) is 12.1 Å². The highest BCUT2D eigenvalue weighted by molar-refractivity contribution is 5.76. The lowest BCUT2D eigenvalue weighted by molar-refractivity contribution is -0.130. The molecule has 2 aromatic heterocycles. The highest BCUT2D eigenvalue weighted by Crippen LogP contribution is 2.23. The van der Waals surface area contributed by atoms with Crippen molar-refractivity contribution in [1.82, 2.24) is 19.8 Å². The number of amides is 1. The zero-order chi connectivity index (χ0) is 17.6. The Bertz CT molecular complexity index is 665. The molecule has 1 amide bonds. The number of furan rings is 1. The van der Waals surface area contributed by atoms with E-state index >= 15 is 0 Å². The molecule has 0 aromatic carbocycles. The van der Waals surface area contributed by atoms with E-state index < -0.39 is 6.17 Å². The van der Waals surface area contributed by atoms with Gasteiger partial charge in [-0.3, -0.25) is 9.69 Å². The molecule has 1 aliphatic rings. The average Bonchev–Trinajstić information content (AvgIpc) is 3.23. The molecule has 0 spiro atoms. The summed E-state index contributed by atoms with van der Waals surface area (Å²) in [6, 6.07) is 3.68. The standard InChI is InChI=1S/C18H23FN4O2/c1-22(18(24)5-4-17-3-2-6-25-17)12-16-7-15(19)11-23(16)10-14-8-20-13-21-9-14/h2-3,6,8-9,13,15-16H,4-5,7,10-12H2,1H3/t15-,16-/m0/s1. The van der Waals surface area contributed by atoms with Crippen molar-refractivity contribution in [2.24, 2.45) is 0 Å². The smallest absolute Gasteiger partial charge is 0.222 e. The molecule has 1 saturated heterocycles. The van der Waals surface area contributed by atoms with Gasteiger partial charge in [0, 0.05) is 63.5 Å². The van der Waals surface area contributed by atoms with Gasteiger partial charge in [0.1, 0.15) is 18.3 Å². The van der Waals surface area contributed by atoms with Gasteiger partial charge in [0.25, 0.3) is 0 Å². The second kappa shape index (κ2) is 8.20. The van der Waals surface area contributed by atoms with Gasteiger partial charge in [0.2, 0.25) is 5.91 Å². The minimum atomic E-state index is -0.860. The lowest BCUT2D eigenvalue weighted by Crippen LogP contribution is -2.41. The molecule has 1 aliphatic heterocycles. The Balaban J connectivity index is 1.53. The Morgan fingerprint density at radius 1 is 1.44 bits per heavy atom. The molecular weight excluding hydrogens is 323 g/mol. The predicted octanol–water partition coefficient (Wildman–Crippen LogP) is 2.07. The fourth-order valence-corrected chi connectivity index (χ4v) is 3.25. The predicted molar refractivity (Wildman–Crippen MR) is 90.4 cm³/mol. The molecule has 0 bridgehead atoms. The minimum absolute atomic E-state index is 0.00719. The van der Waals surface area contributed by atoms with Crippen molar-refractivity contribution < 1.29 is 13.6 Å². The fourth-order valence-electron chi connectivity index (χ4n) is 3.25. The Morgan fingerprint density at radius 2 is 2.24 bits per heavy atom. The highest BCUT2D eigenvalue weighted by Gasteiger charge is 2.33. The van der Waals surface area contributed by atoms with Crippen molar-refractivity contribution in [3.8, 4) is 0 Å². The van der Waals surface area contributed by atoms with Crippen LogP contribution in [0.1, 0.15) is 24.2 Å². The summed E-state index contributed by atoms with van der Waals surface area (Å²) in [5.41, 5.74) is 0.952. The third kappa shape index (κ3) is 4.85. The monoisotopic (exact) mass is 346 g/mol. The fraction of sp³-hybridized carbons (Fsp3) is 0.500. The number of carbonyl (C=O) groups excluding carboxylic acids is 1. The van der Waals surface area contributed by atoms with Gasteiger partial charge in [-0.1, -0.05) is 0 Å². The Hall–Kier alpha value is -2.28. The largest absolute Gasteiger partial charge is 0.469 e. The van der Waals surface area contributed by atoms with E-state index in [4.69, 9.17) is 4.42 Å². The van der Waals surface area contributed by atoms with Crippen LogP contribution in [0.4, 0.5) is 4.39 Å². The van der Waals surface area contributed by atoms with E-state index in [1.165, 1.54) is 6.33 Å². The van der Waals surface area contributed by atoms with Crippen LogP contribution in [-0.2, 0) is 17.8 Å². The van der Waals surface area contributed by atoms with Gasteiger partial charge in [-0.2, -0.15) is 0 Å². The van der Waals surface area contributed by atoms with E-state index in [0.717, 1.165) is 11.3 Å². The number of carbonyl (C=O) groups is 1. The van der Waals surface area contributed by atoms with Crippen molar-refractivity contribution in [1.29, 1.82) is 0 Å². The molecule has 134 valence electrons. The zero-order valence-corrected chi connectivity index (χ0v) is 14.3. The summed E-state index contributed by atoms with van der Waals surface area (Å²) in [7, 11) is 1.78. The lowest BCUT2D eigenvalue weighted by atomic mass is 10.1. The summed E-state index contributed by atoms with van der Waals surface area (Å²) in [6.45, 7) is 1.50. The molecule has 25 heavy (non-hydrogen) atoms. The normalized spacial score (nSPS) is 20.7. The van der Waals surface area contributed by atoms with E-state index in [1.54, 1.807) is 30.6 Å². The molecule has 7 heteroatoms. The van der Waals surface area contributed by atoms with Crippen LogP contribution in [-0.4, -0.2) is 58.0 Å². The van der Waals surface area contributed by atoms with Crippen molar-refractivity contribution in [2.45, 2.75) is 38.0 Å². The van der Waals surface area contributed by atoms with Crippen LogP contribution < -0.4 is 0 Å². The lowest BCUT2D eigenvalue weighted by Gasteiger charge is -2.28. The third-order valence-electron chi connectivity index (χ3n) is 4.55. The number of aryl methyl sites for hydroxylation is 1. The maximum absolute atomic E-state index is 13.9. The van der Waals surface area contributed by atoms with Crippen LogP contribution in [0.3, 0.4) is 0 Å². The molecule has 2 atom stereocenters. The second-order valence-electron chi connectivity index (χ2n) is 6.52. The zero-order valence-electron chi connectivity index (χ0n) is 14.3. The number of hydrogen-bond donors (Lipinski definition) is 0.